The molecule has 25 heavy (non-hydrogen) atoms. The van der Waals surface area contributed by atoms with Crippen LogP contribution in [0.15, 0.2) is 17.3 Å². The molecular formula is C20H43N3SiV. The van der Waals surface area contributed by atoms with E-state index in [9.17, 15) is 0 Å². The third-order valence-electron chi connectivity index (χ3n) is 2.84. The third-order valence-corrected chi connectivity index (χ3v) is 4.80. The van der Waals surface area contributed by atoms with Crippen LogP contribution in [-0.4, -0.2) is 47.3 Å². The summed E-state index contributed by atoms with van der Waals surface area (Å²) in [5.41, 5.74) is 0. The van der Waals surface area contributed by atoms with Crippen LogP contribution >= 0.6 is 0 Å². The van der Waals surface area contributed by atoms with Crippen molar-refractivity contribution < 1.29 is 18.6 Å². The van der Waals surface area contributed by atoms with Crippen molar-refractivity contribution >= 4 is 8.07 Å². The zero-order valence-electron chi connectivity index (χ0n) is 18.4. The third kappa shape index (κ3) is 32.3. The van der Waals surface area contributed by atoms with Gasteiger partial charge in [-0.2, -0.15) is 45.3 Å². The van der Waals surface area contributed by atoms with Gasteiger partial charge in [0.25, 0.3) is 0 Å². The maximum atomic E-state index is 3.97. The Labute approximate surface area is 172 Å². The fraction of sp³-hybridized carbons (Fsp3) is 0.800. The van der Waals surface area contributed by atoms with Crippen LogP contribution in [0.4, 0.5) is 0 Å². The molecule has 0 aromatic heterocycles. The first kappa shape index (κ1) is 32.8. The van der Waals surface area contributed by atoms with Gasteiger partial charge in [0.2, 0.25) is 0 Å². The summed E-state index contributed by atoms with van der Waals surface area (Å²) in [5, 5.41) is 13.4. The summed E-state index contributed by atoms with van der Waals surface area (Å²) in [5.74, 6) is 0. The van der Waals surface area contributed by atoms with E-state index in [0.717, 1.165) is 45.7 Å². The maximum absolute atomic E-state index is 3.97. The van der Waals surface area contributed by atoms with E-state index in [1.807, 2.05) is 41.5 Å². The predicted molar refractivity (Wildman–Crippen MR) is 117 cm³/mol. The van der Waals surface area contributed by atoms with Crippen LogP contribution in [0.1, 0.15) is 48.0 Å². The number of allylic oxidation sites excluding steroid dienone is 4. The molecule has 0 aromatic carbocycles. The van der Waals surface area contributed by atoms with Gasteiger partial charge in [0.15, 0.2) is 0 Å². The Kier molecular flexibility index (Phi) is 34.6. The molecule has 0 spiro atoms. The van der Waals surface area contributed by atoms with Crippen molar-refractivity contribution in [2.24, 2.45) is 0 Å². The zero-order chi connectivity index (χ0) is 19.3. The van der Waals surface area contributed by atoms with Crippen LogP contribution in [0.25, 0.3) is 16.0 Å². The largest absolute Gasteiger partial charge is 4.00 e. The van der Waals surface area contributed by atoms with Gasteiger partial charge in [-0.05, 0) is 0 Å². The molecule has 147 valence electrons. The van der Waals surface area contributed by atoms with Crippen LogP contribution in [-0.2, 0) is 18.6 Å². The van der Waals surface area contributed by atoms with Crippen molar-refractivity contribution in [2.45, 2.75) is 67.6 Å². The molecule has 0 aromatic rings. The normalized spacial score (nSPS) is 11.6. The summed E-state index contributed by atoms with van der Waals surface area (Å²) in [4.78, 5) is 0. The van der Waals surface area contributed by atoms with E-state index in [-0.39, 0.29) is 18.6 Å². The Morgan fingerprint density at radius 3 is 1.16 bits per heavy atom. The monoisotopic (exact) mass is 404 g/mol. The SMILES string of the molecule is CC[N-]CC.CC[N-]CC.CC[N-]CC.C[Si](C)(C)C1=[C-]CC=C1.[V+4]. The number of nitrogens with zero attached hydrogens (tertiary/aromatic N) is 3. The van der Waals surface area contributed by atoms with E-state index < -0.39 is 8.07 Å². The fourth-order valence-corrected chi connectivity index (χ4v) is 2.84. The summed E-state index contributed by atoms with van der Waals surface area (Å²) in [6.07, 6.45) is 8.82. The Morgan fingerprint density at radius 2 is 1.08 bits per heavy atom. The molecular weight excluding hydrogens is 361 g/mol. The number of rotatable bonds is 7. The molecule has 0 saturated carbocycles. The van der Waals surface area contributed by atoms with Crippen molar-refractivity contribution in [1.29, 1.82) is 0 Å². The summed E-state index contributed by atoms with van der Waals surface area (Å²) >= 11 is 0. The molecule has 0 unspecified atom stereocenters. The van der Waals surface area contributed by atoms with Crippen LogP contribution in [0.2, 0.25) is 19.6 Å². The number of hydrogen-bond acceptors (Lipinski definition) is 0. The molecule has 0 heterocycles. The standard InChI is InChI=1S/C8H13Si.3C4H10N.V/c1-9(2,3)8-6-4-5-7-8;3*1-3-5-4-2;/h4,6H,5H2,1-3H3;3*3-4H2,1-2H3;/q4*-1;+4. The van der Waals surface area contributed by atoms with E-state index in [1.54, 1.807) is 0 Å². The molecule has 0 atom stereocenters. The Hall–Kier alpha value is 0.161. The molecule has 0 fully saturated rings. The first-order valence-corrected chi connectivity index (χ1v) is 13.0. The minimum atomic E-state index is -1.01. The van der Waals surface area contributed by atoms with Crippen molar-refractivity contribution in [3.63, 3.8) is 0 Å². The minimum absolute atomic E-state index is 0. The van der Waals surface area contributed by atoms with Crippen LogP contribution in [0, 0.1) is 6.08 Å². The van der Waals surface area contributed by atoms with E-state index in [1.165, 1.54) is 5.20 Å². The first-order chi connectivity index (χ1) is 11.3. The van der Waals surface area contributed by atoms with Gasteiger partial charge in [-0.3, -0.25) is 6.08 Å². The van der Waals surface area contributed by atoms with Gasteiger partial charge in [0, 0.05) is 8.07 Å². The molecule has 1 aliphatic carbocycles. The molecule has 1 aliphatic rings. The Morgan fingerprint density at radius 1 is 0.760 bits per heavy atom. The molecule has 0 aliphatic heterocycles. The van der Waals surface area contributed by atoms with E-state index >= 15 is 0 Å². The Bertz CT molecular complexity index is 267. The zero-order valence-corrected chi connectivity index (χ0v) is 20.8. The second-order valence-electron chi connectivity index (χ2n) is 6.02. The van der Waals surface area contributed by atoms with Crippen molar-refractivity contribution in [2.75, 3.05) is 39.3 Å². The maximum Gasteiger partial charge on any atom is 4.00 e. The summed E-state index contributed by atoms with van der Waals surface area (Å²) in [6, 6.07) is 0. The van der Waals surface area contributed by atoms with Gasteiger partial charge in [-0.25, -0.2) is 11.3 Å². The van der Waals surface area contributed by atoms with E-state index in [0.29, 0.717) is 0 Å². The van der Waals surface area contributed by atoms with Crippen LogP contribution < -0.4 is 0 Å². The van der Waals surface area contributed by atoms with Crippen molar-refractivity contribution in [3.8, 4) is 0 Å². The molecule has 3 nitrogen and oxygen atoms in total. The molecule has 1 rings (SSSR count). The van der Waals surface area contributed by atoms with Crippen molar-refractivity contribution in [1.82, 2.24) is 0 Å². The topological polar surface area (TPSA) is 42.3 Å². The van der Waals surface area contributed by atoms with E-state index in [4.69, 9.17) is 0 Å². The van der Waals surface area contributed by atoms with Gasteiger partial charge in [0.05, 0.1) is 0 Å². The second-order valence-corrected chi connectivity index (χ2v) is 11.1. The quantitative estimate of drug-likeness (QED) is 0.333. The van der Waals surface area contributed by atoms with Crippen LogP contribution in [0.3, 0.4) is 0 Å². The summed E-state index contributed by atoms with van der Waals surface area (Å²) < 4.78 is 0. The minimum Gasteiger partial charge on any atom is -0.663 e. The predicted octanol–water partition coefficient (Wildman–Crippen LogP) is 6.75. The first-order valence-electron chi connectivity index (χ1n) is 9.52. The molecule has 0 saturated heterocycles. The van der Waals surface area contributed by atoms with Gasteiger partial charge < -0.3 is 16.0 Å². The number of hydrogen-bond donors (Lipinski definition) is 0. The van der Waals surface area contributed by atoms with Crippen LogP contribution in [0.5, 0.6) is 0 Å². The summed E-state index contributed by atoms with van der Waals surface area (Å²) in [7, 11) is -1.01. The molecule has 0 amide bonds. The fourth-order valence-electron chi connectivity index (χ4n) is 1.59. The van der Waals surface area contributed by atoms with Gasteiger partial charge >= 0.3 is 18.6 Å². The molecule has 1 radical (unpaired) electrons. The molecule has 0 bridgehead atoms. The summed E-state index contributed by atoms with van der Waals surface area (Å²) in [6.45, 7) is 25.1. The van der Waals surface area contributed by atoms with Gasteiger partial charge in [-0.15, -0.1) is 6.42 Å². The molecule has 5 heteroatoms. The average molecular weight is 405 g/mol. The Balaban J connectivity index is -0.000000122. The van der Waals surface area contributed by atoms with Gasteiger partial charge in [0.1, 0.15) is 0 Å². The van der Waals surface area contributed by atoms with E-state index in [2.05, 4.69) is 53.8 Å². The second kappa shape index (κ2) is 26.4. The molecule has 0 N–H and O–H groups in total. The smallest absolute Gasteiger partial charge is 0.663 e. The van der Waals surface area contributed by atoms with Gasteiger partial charge in [-0.1, -0.05) is 61.2 Å². The average Bonchev–Trinajstić information content (AvgIpc) is 3.06. The van der Waals surface area contributed by atoms with Crippen molar-refractivity contribution in [3.05, 3.63) is 39.4 Å².